The summed E-state index contributed by atoms with van der Waals surface area (Å²) in [6.45, 7) is 9.24. The van der Waals surface area contributed by atoms with Gasteiger partial charge in [-0.1, -0.05) is 6.92 Å². The molecule has 0 spiro atoms. The van der Waals surface area contributed by atoms with Crippen molar-refractivity contribution in [3.8, 4) is 0 Å². The van der Waals surface area contributed by atoms with Crippen molar-refractivity contribution in [2.24, 2.45) is 0 Å². The van der Waals surface area contributed by atoms with Crippen molar-refractivity contribution >= 4 is 5.82 Å². The van der Waals surface area contributed by atoms with Crippen LogP contribution in [0.2, 0.25) is 0 Å². The minimum absolute atomic E-state index is 0.0228. The molecule has 0 saturated carbocycles. The molecule has 0 amide bonds. The van der Waals surface area contributed by atoms with Crippen LogP contribution in [-0.4, -0.2) is 45.0 Å². The van der Waals surface area contributed by atoms with Gasteiger partial charge in [0.25, 0.3) is 0 Å². The lowest BCUT2D eigenvalue weighted by molar-refractivity contribution is 0.0365. The van der Waals surface area contributed by atoms with Crippen molar-refractivity contribution in [2.75, 3.05) is 39.2 Å². The summed E-state index contributed by atoms with van der Waals surface area (Å²) in [5, 5.41) is 6.74. The molecule has 1 atom stereocenters. The van der Waals surface area contributed by atoms with E-state index in [1.54, 1.807) is 14.2 Å². The zero-order valence-corrected chi connectivity index (χ0v) is 13.2. The van der Waals surface area contributed by atoms with Gasteiger partial charge in [0.15, 0.2) is 0 Å². The Bertz CT molecular complexity index is 410. The summed E-state index contributed by atoms with van der Waals surface area (Å²) < 4.78 is 10.5. The van der Waals surface area contributed by atoms with Crippen molar-refractivity contribution in [3.63, 3.8) is 0 Å². The number of rotatable bonds is 9. The van der Waals surface area contributed by atoms with E-state index in [1.165, 1.54) is 11.1 Å². The Labute approximate surface area is 122 Å². The summed E-state index contributed by atoms with van der Waals surface area (Å²) in [5.41, 5.74) is 3.48. The average Bonchev–Trinajstić information content (AvgIpc) is 2.42. The molecule has 2 N–H and O–H groups in total. The number of nitrogens with one attached hydrogen (secondary N) is 2. The van der Waals surface area contributed by atoms with E-state index in [-0.39, 0.29) is 6.10 Å². The third-order valence-electron chi connectivity index (χ3n) is 3.21. The Kier molecular flexibility index (Phi) is 7.51. The number of ether oxygens (including phenoxy) is 2. The third kappa shape index (κ3) is 5.07. The number of nitrogens with zero attached hydrogens (tertiary/aromatic N) is 1. The summed E-state index contributed by atoms with van der Waals surface area (Å²) in [4.78, 5) is 4.61. The standard InChI is InChI=1S/C15H27N3O2/c1-6-16-9-14-11(2)7-12(3)18-15(14)17-8-13(20-5)10-19-4/h7,13,16H,6,8-10H2,1-5H3,(H,17,18). The fraction of sp³-hybridized carbons (Fsp3) is 0.667. The number of methoxy groups -OCH3 is 2. The van der Waals surface area contributed by atoms with Gasteiger partial charge in [-0.3, -0.25) is 0 Å². The number of aromatic nitrogens is 1. The van der Waals surface area contributed by atoms with E-state index >= 15 is 0 Å². The van der Waals surface area contributed by atoms with Gasteiger partial charge in [0, 0.05) is 38.6 Å². The molecule has 1 aromatic heterocycles. The maximum Gasteiger partial charge on any atom is 0.131 e. The first-order chi connectivity index (χ1) is 9.62. The number of anilines is 1. The maximum absolute atomic E-state index is 5.36. The van der Waals surface area contributed by atoms with E-state index in [1.807, 2.05) is 6.92 Å². The Morgan fingerprint density at radius 3 is 2.65 bits per heavy atom. The monoisotopic (exact) mass is 281 g/mol. The van der Waals surface area contributed by atoms with Crippen LogP contribution in [0.1, 0.15) is 23.7 Å². The molecule has 0 bridgehead atoms. The minimum Gasteiger partial charge on any atom is -0.382 e. The zero-order valence-electron chi connectivity index (χ0n) is 13.2. The van der Waals surface area contributed by atoms with Crippen LogP contribution in [0.4, 0.5) is 5.82 Å². The van der Waals surface area contributed by atoms with E-state index in [0.717, 1.165) is 24.6 Å². The molecule has 0 aromatic carbocycles. The molecule has 0 aliphatic carbocycles. The number of aryl methyl sites for hydroxylation is 2. The summed E-state index contributed by atoms with van der Waals surface area (Å²) in [5.74, 6) is 0.932. The van der Waals surface area contributed by atoms with Gasteiger partial charge in [0.1, 0.15) is 5.82 Å². The summed E-state index contributed by atoms with van der Waals surface area (Å²) in [7, 11) is 3.37. The van der Waals surface area contributed by atoms with Gasteiger partial charge in [-0.05, 0) is 32.0 Å². The van der Waals surface area contributed by atoms with E-state index in [0.29, 0.717) is 13.2 Å². The number of pyridine rings is 1. The second kappa shape index (κ2) is 8.89. The molecule has 0 fully saturated rings. The van der Waals surface area contributed by atoms with Gasteiger partial charge in [-0.25, -0.2) is 4.98 Å². The molecule has 1 aromatic rings. The predicted molar refractivity (Wildman–Crippen MR) is 82.3 cm³/mol. The first kappa shape index (κ1) is 16.9. The minimum atomic E-state index is 0.0228. The first-order valence-electron chi connectivity index (χ1n) is 7.05. The Morgan fingerprint density at radius 2 is 2.05 bits per heavy atom. The van der Waals surface area contributed by atoms with Crippen molar-refractivity contribution in [1.29, 1.82) is 0 Å². The molecule has 114 valence electrons. The van der Waals surface area contributed by atoms with E-state index in [9.17, 15) is 0 Å². The summed E-state index contributed by atoms with van der Waals surface area (Å²) >= 11 is 0. The van der Waals surface area contributed by atoms with Crippen LogP contribution >= 0.6 is 0 Å². The lowest BCUT2D eigenvalue weighted by Crippen LogP contribution is -2.28. The fourth-order valence-corrected chi connectivity index (χ4v) is 2.09. The first-order valence-corrected chi connectivity index (χ1v) is 7.05. The Hall–Kier alpha value is -1.17. The molecule has 1 unspecified atom stereocenters. The molecule has 5 heteroatoms. The highest BCUT2D eigenvalue weighted by atomic mass is 16.5. The highest BCUT2D eigenvalue weighted by Crippen LogP contribution is 2.18. The second-order valence-electron chi connectivity index (χ2n) is 4.88. The van der Waals surface area contributed by atoms with Gasteiger partial charge in [-0.15, -0.1) is 0 Å². The molecule has 0 aliphatic rings. The molecule has 5 nitrogen and oxygen atoms in total. The summed E-state index contributed by atoms with van der Waals surface area (Å²) in [6.07, 6.45) is 0.0228. The molecule has 0 aliphatic heterocycles. The molecular weight excluding hydrogens is 254 g/mol. The van der Waals surface area contributed by atoms with Crippen LogP contribution < -0.4 is 10.6 Å². The van der Waals surface area contributed by atoms with Gasteiger partial charge < -0.3 is 20.1 Å². The van der Waals surface area contributed by atoms with Crippen molar-refractivity contribution in [3.05, 3.63) is 22.9 Å². The smallest absolute Gasteiger partial charge is 0.131 e. The van der Waals surface area contributed by atoms with Crippen LogP contribution in [0.3, 0.4) is 0 Å². The van der Waals surface area contributed by atoms with Crippen molar-refractivity contribution < 1.29 is 9.47 Å². The van der Waals surface area contributed by atoms with Gasteiger partial charge in [0.05, 0.1) is 12.7 Å². The molecule has 0 radical (unpaired) electrons. The van der Waals surface area contributed by atoms with E-state index < -0.39 is 0 Å². The Morgan fingerprint density at radius 1 is 1.30 bits per heavy atom. The summed E-state index contributed by atoms with van der Waals surface area (Å²) in [6, 6.07) is 2.11. The molecule has 1 heterocycles. The van der Waals surface area contributed by atoms with Crippen LogP contribution in [0, 0.1) is 13.8 Å². The molecule has 1 rings (SSSR count). The van der Waals surface area contributed by atoms with Crippen molar-refractivity contribution in [2.45, 2.75) is 33.4 Å². The largest absolute Gasteiger partial charge is 0.382 e. The molecular formula is C15H27N3O2. The molecule has 20 heavy (non-hydrogen) atoms. The predicted octanol–water partition coefficient (Wildman–Crippen LogP) is 1.88. The van der Waals surface area contributed by atoms with Crippen LogP contribution in [-0.2, 0) is 16.0 Å². The van der Waals surface area contributed by atoms with Crippen LogP contribution in [0.25, 0.3) is 0 Å². The highest BCUT2D eigenvalue weighted by Gasteiger charge is 2.11. The topological polar surface area (TPSA) is 55.4 Å². The van der Waals surface area contributed by atoms with Crippen molar-refractivity contribution in [1.82, 2.24) is 10.3 Å². The number of hydrogen-bond donors (Lipinski definition) is 2. The highest BCUT2D eigenvalue weighted by molar-refractivity contribution is 5.49. The third-order valence-corrected chi connectivity index (χ3v) is 3.21. The fourth-order valence-electron chi connectivity index (χ4n) is 2.09. The lowest BCUT2D eigenvalue weighted by atomic mass is 10.1. The van der Waals surface area contributed by atoms with Gasteiger partial charge >= 0.3 is 0 Å². The van der Waals surface area contributed by atoms with Crippen LogP contribution in [0.5, 0.6) is 0 Å². The Balaban J connectivity index is 2.80. The lowest BCUT2D eigenvalue weighted by Gasteiger charge is -2.19. The van der Waals surface area contributed by atoms with E-state index in [2.05, 4.69) is 35.5 Å². The SMILES string of the molecule is CCNCc1c(C)cc(C)nc1NCC(COC)OC. The van der Waals surface area contributed by atoms with Crippen LogP contribution in [0.15, 0.2) is 6.07 Å². The zero-order chi connectivity index (χ0) is 15.0. The second-order valence-corrected chi connectivity index (χ2v) is 4.88. The average molecular weight is 281 g/mol. The van der Waals surface area contributed by atoms with Gasteiger partial charge in [-0.2, -0.15) is 0 Å². The maximum atomic E-state index is 5.36. The number of hydrogen-bond acceptors (Lipinski definition) is 5. The quantitative estimate of drug-likeness (QED) is 0.724. The normalized spacial score (nSPS) is 12.4. The van der Waals surface area contributed by atoms with Gasteiger partial charge in [0.2, 0.25) is 0 Å². The van der Waals surface area contributed by atoms with E-state index in [4.69, 9.17) is 9.47 Å². The molecule has 0 saturated heterocycles.